The summed E-state index contributed by atoms with van der Waals surface area (Å²) in [5.41, 5.74) is 0.0367. The number of aromatic amines is 1. The van der Waals surface area contributed by atoms with Crippen LogP contribution in [0.2, 0.25) is 0 Å². The molecule has 1 aromatic carbocycles. The van der Waals surface area contributed by atoms with Crippen molar-refractivity contribution in [2.24, 2.45) is 5.92 Å². The standard InChI is InChI=1S/C29H36F3N7O4/c1-17(2)15-33-25-22-20(29(30,31)32)16-34-26(22)37-28(36-25)35-21-4-3-19(23-24(21)43-14-13-42-23)27(40)39-7-5-18(6-8-39)38-9-11-41-12-10-38/h3-4,16-18H,5-15H2,1-2H3,(H3,33,34,35,36,37). The number of amides is 1. The number of hydrogen-bond donors (Lipinski definition) is 3. The lowest BCUT2D eigenvalue weighted by Gasteiger charge is -2.40. The highest BCUT2D eigenvalue weighted by atomic mass is 19.4. The molecule has 2 aromatic heterocycles. The molecule has 0 spiro atoms. The molecule has 2 saturated heterocycles. The molecule has 0 bridgehead atoms. The van der Waals surface area contributed by atoms with Gasteiger partial charge in [0.05, 0.1) is 35.4 Å². The van der Waals surface area contributed by atoms with Gasteiger partial charge in [0.15, 0.2) is 11.5 Å². The molecule has 232 valence electrons. The number of carbonyl (C=O) groups excluding carboxylic acids is 1. The van der Waals surface area contributed by atoms with Crippen LogP contribution in [0.1, 0.15) is 42.6 Å². The van der Waals surface area contributed by atoms with Crippen LogP contribution in [-0.2, 0) is 10.9 Å². The van der Waals surface area contributed by atoms with Gasteiger partial charge in [-0.15, -0.1) is 0 Å². The summed E-state index contributed by atoms with van der Waals surface area (Å²) >= 11 is 0. The number of aromatic nitrogens is 3. The number of ether oxygens (including phenoxy) is 3. The van der Waals surface area contributed by atoms with Gasteiger partial charge in [-0.1, -0.05) is 13.8 Å². The van der Waals surface area contributed by atoms with E-state index >= 15 is 0 Å². The van der Waals surface area contributed by atoms with Crippen molar-refractivity contribution in [2.75, 3.05) is 69.8 Å². The van der Waals surface area contributed by atoms with E-state index in [1.54, 1.807) is 12.1 Å². The summed E-state index contributed by atoms with van der Waals surface area (Å²) in [5.74, 6) is 0.835. The second kappa shape index (κ2) is 12.1. The molecule has 3 N–H and O–H groups in total. The van der Waals surface area contributed by atoms with Crippen molar-refractivity contribution in [3.05, 3.63) is 29.5 Å². The van der Waals surface area contributed by atoms with E-state index in [0.717, 1.165) is 45.3 Å². The number of benzene rings is 1. The Kier molecular flexibility index (Phi) is 8.23. The fourth-order valence-corrected chi connectivity index (χ4v) is 5.81. The predicted molar refractivity (Wildman–Crippen MR) is 154 cm³/mol. The van der Waals surface area contributed by atoms with Crippen LogP contribution in [-0.4, -0.2) is 95.9 Å². The van der Waals surface area contributed by atoms with Crippen molar-refractivity contribution in [3.8, 4) is 11.5 Å². The molecule has 6 rings (SSSR count). The summed E-state index contributed by atoms with van der Waals surface area (Å²) < 4.78 is 58.5. The van der Waals surface area contributed by atoms with Gasteiger partial charge in [-0.25, -0.2) is 0 Å². The van der Waals surface area contributed by atoms with Crippen molar-refractivity contribution < 1.29 is 32.2 Å². The highest BCUT2D eigenvalue weighted by Gasteiger charge is 2.36. The van der Waals surface area contributed by atoms with Gasteiger partial charge in [-0.2, -0.15) is 23.1 Å². The lowest BCUT2D eigenvalue weighted by molar-refractivity contribution is -0.136. The van der Waals surface area contributed by atoms with Crippen LogP contribution < -0.4 is 20.1 Å². The minimum Gasteiger partial charge on any atom is -0.485 e. The summed E-state index contributed by atoms with van der Waals surface area (Å²) in [6.45, 7) is 9.50. The van der Waals surface area contributed by atoms with E-state index in [9.17, 15) is 18.0 Å². The molecule has 0 aliphatic carbocycles. The predicted octanol–water partition coefficient (Wildman–Crippen LogP) is 4.50. The summed E-state index contributed by atoms with van der Waals surface area (Å²) in [5, 5.41) is 5.98. The van der Waals surface area contributed by atoms with E-state index in [1.165, 1.54) is 0 Å². The van der Waals surface area contributed by atoms with E-state index in [-0.39, 0.29) is 47.8 Å². The number of anilines is 3. The number of piperidine rings is 1. The molecule has 11 nitrogen and oxygen atoms in total. The van der Waals surface area contributed by atoms with Crippen molar-refractivity contribution in [1.29, 1.82) is 0 Å². The fourth-order valence-electron chi connectivity index (χ4n) is 5.81. The third kappa shape index (κ3) is 6.16. The molecule has 2 fully saturated rings. The monoisotopic (exact) mass is 603 g/mol. The van der Waals surface area contributed by atoms with Gasteiger partial charge in [0.2, 0.25) is 5.95 Å². The number of hydrogen-bond acceptors (Lipinski definition) is 9. The van der Waals surface area contributed by atoms with Gasteiger partial charge in [0, 0.05) is 45.0 Å². The Balaban J connectivity index is 1.25. The van der Waals surface area contributed by atoms with Crippen LogP contribution in [0.3, 0.4) is 0 Å². The summed E-state index contributed by atoms with van der Waals surface area (Å²) in [6, 6.07) is 3.81. The zero-order valence-electron chi connectivity index (χ0n) is 24.2. The maximum atomic E-state index is 13.7. The number of H-pyrrole nitrogens is 1. The number of morpholine rings is 1. The Morgan fingerprint density at radius 1 is 1.05 bits per heavy atom. The van der Waals surface area contributed by atoms with E-state index < -0.39 is 11.7 Å². The topological polar surface area (TPSA) is 117 Å². The van der Waals surface area contributed by atoms with Crippen molar-refractivity contribution in [1.82, 2.24) is 24.8 Å². The van der Waals surface area contributed by atoms with E-state index in [0.29, 0.717) is 48.4 Å². The third-order valence-electron chi connectivity index (χ3n) is 7.99. The molecule has 3 aliphatic heterocycles. The maximum Gasteiger partial charge on any atom is 0.418 e. The second-order valence-corrected chi connectivity index (χ2v) is 11.4. The Hall–Kier alpha value is -3.78. The third-order valence-corrected chi connectivity index (χ3v) is 7.99. The highest BCUT2D eigenvalue weighted by Crippen LogP contribution is 2.43. The molecule has 0 unspecified atom stereocenters. The summed E-state index contributed by atoms with van der Waals surface area (Å²) in [4.78, 5) is 29.3. The number of alkyl halides is 3. The number of fused-ring (bicyclic) bond motifs is 2. The maximum absolute atomic E-state index is 13.7. The molecule has 0 saturated carbocycles. The quantitative estimate of drug-likeness (QED) is 0.359. The van der Waals surface area contributed by atoms with Crippen LogP contribution in [0, 0.1) is 5.92 Å². The van der Waals surface area contributed by atoms with Gasteiger partial charge in [-0.05, 0) is 30.9 Å². The van der Waals surface area contributed by atoms with Crippen LogP contribution in [0.15, 0.2) is 18.3 Å². The van der Waals surface area contributed by atoms with Crippen LogP contribution in [0.4, 0.5) is 30.6 Å². The van der Waals surface area contributed by atoms with Gasteiger partial charge in [0.1, 0.15) is 24.7 Å². The van der Waals surface area contributed by atoms with Crippen LogP contribution >= 0.6 is 0 Å². The number of nitrogens with one attached hydrogen (secondary N) is 3. The normalized spacial score (nSPS) is 18.3. The van der Waals surface area contributed by atoms with Crippen molar-refractivity contribution >= 4 is 34.4 Å². The number of likely N-dealkylation sites (tertiary alicyclic amines) is 1. The summed E-state index contributed by atoms with van der Waals surface area (Å²) in [7, 11) is 0. The molecule has 5 heterocycles. The Labute approximate surface area is 247 Å². The average Bonchev–Trinajstić information content (AvgIpc) is 3.45. The van der Waals surface area contributed by atoms with Crippen molar-refractivity contribution in [3.63, 3.8) is 0 Å². The molecule has 0 radical (unpaired) electrons. The van der Waals surface area contributed by atoms with Gasteiger partial charge < -0.3 is 34.7 Å². The Morgan fingerprint density at radius 3 is 2.47 bits per heavy atom. The molecule has 14 heteroatoms. The Morgan fingerprint density at radius 2 is 1.77 bits per heavy atom. The van der Waals surface area contributed by atoms with E-state index in [4.69, 9.17) is 14.2 Å². The number of rotatable bonds is 7. The first kappa shape index (κ1) is 29.3. The lowest BCUT2D eigenvalue weighted by Crippen LogP contribution is -2.50. The van der Waals surface area contributed by atoms with Gasteiger partial charge in [0.25, 0.3) is 5.91 Å². The van der Waals surface area contributed by atoms with Crippen LogP contribution in [0.25, 0.3) is 11.0 Å². The van der Waals surface area contributed by atoms with E-state index in [1.807, 2.05) is 18.7 Å². The number of nitrogens with zero attached hydrogens (tertiary/aromatic N) is 4. The molecule has 3 aliphatic rings. The largest absolute Gasteiger partial charge is 0.485 e. The zero-order valence-corrected chi connectivity index (χ0v) is 24.2. The molecule has 0 atom stereocenters. The molecular formula is C29H36F3N7O4. The van der Waals surface area contributed by atoms with Crippen LogP contribution in [0.5, 0.6) is 11.5 Å². The molecule has 3 aromatic rings. The smallest absolute Gasteiger partial charge is 0.418 e. The highest BCUT2D eigenvalue weighted by molar-refractivity contribution is 5.99. The lowest BCUT2D eigenvalue weighted by atomic mass is 10.0. The molecule has 1 amide bonds. The summed E-state index contributed by atoms with van der Waals surface area (Å²) in [6.07, 6.45) is -1.89. The molecule has 43 heavy (non-hydrogen) atoms. The first-order valence-electron chi connectivity index (χ1n) is 14.7. The minimum atomic E-state index is -4.57. The number of halogens is 3. The van der Waals surface area contributed by atoms with E-state index in [2.05, 4.69) is 30.5 Å². The zero-order chi connectivity index (χ0) is 30.1. The second-order valence-electron chi connectivity index (χ2n) is 11.4. The number of carbonyl (C=O) groups is 1. The first-order chi connectivity index (χ1) is 20.7. The fraction of sp³-hybridized carbons (Fsp3) is 0.552. The average molecular weight is 604 g/mol. The van der Waals surface area contributed by atoms with Gasteiger partial charge in [-0.3, -0.25) is 9.69 Å². The minimum absolute atomic E-state index is 0.0365. The van der Waals surface area contributed by atoms with Gasteiger partial charge >= 0.3 is 6.18 Å². The van der Waals surface area contributed by atoms with Crippen molar-refractivity contribution in [2.45, 2.75) is 38.9 Å². The SMILES string of the molecule is CC(C)CNc1nc(Nc2ccc(C(=O)N3CCC(N4CCOCC4)CC3)c3c2OCCO3)nc2[nH]cc(C(F)(F)F)c12. The first-order valence-corrected chi connectivity index (χ1v) is 14.7. The molecular weight excluding hydrogens is 567 g/mol. The Bertz CT molecular complexity index is 1460.